The molecule has 2 aromatic heterocycles. The molecule has 0 aliphatic heterocycles. The van der Waals surface area contributed by atoms with E-state index in [4.69, 9.17) is 0 Å². The monoisotopic (exact) mass is 414 g/mol. The lowest BCUT2D eigenvalue weighted by atomic mass is 9.76. The second-order valence-electron chi connectivity index (χ2n) is 9.43. The molecular formula is C25H26N4O2. The van der Waals surface area contributed by atoms with Gasteiger partial charge in [-0.1, -0.05) is 32.0 Å². The molecule has 0 bridgehead atoms. The zero-order chi connectivity index (χ0) is 21.6. The number of Topliss-reactive ketones (excluding diaryl/α,β-unsaturated/α-hetero) is 1. The van der Waals surface area contributed by atoms with E-state index in [1.807, 2.05) is 42.5 Å². The summed E-state index contributed by atoms with van der Waals surface area (Å²) in [5.74, 6) is 0.155. The highest BCUT2D eigenvalue weighted by atomic mass is 16.1. The molecule has 3 aromatic rings. The van der Waals surface area contributed by atoms with Gasteiger partial charge < -0.3 is 15.6 Å². The summed E-state index contributed by atoms with van der Waals surface area (Å²) in [6.07, 6.45) is 5.62. The van der Waals surface area contributed by atoms with Crippen molar-refractivity contribution in [2.24, 2.45) is 5.41 Å². The fourth-order valence-corrected chi connectivity index (χ4v) is 4.62. The maximum absolute atomic E-state index is 13.2. The number of nitrogens with one attached hydrogen (secondary N) is 3. The number of anilines is 2. The molecule has 0 unspecified atom stereocenters. The summed E-state index contributed by atoms with van der Waals surface area (Å²) < 4.78 is 0. The van der Waals surface area contributed by atoms with Crippen LogP contribution in [-0.4, -0.2) is 22.2 Å². The number of ketones is 1. The number of para-hydroxylation sites is 1. The van der Waals surface area contributed by atoms with Crippen LogP contribution in [0.15, 0.2) is 48.7 Å². The van der Waals surface area contributed by atoms with Crippen LogP contribution in [0.4, 0.5) is 11.4 Å². The predicted molar refractivity (Wildman–Crippen MR) is 120 cm³/mol. The number of aromatic amines is 1. The van der Waals surface area contributed by atoms with Gasteiger partial charge in [0, 0.05) is 29.6 Å². The Hall–Kier alpha value is -3.41. The molecule has 1 saturated carbocycles. The molecule has 0 atom stereocenters. The average molecular weight is 415 g/mol. The van der Waals surface area contributed by atoms with Crippen molar-refractivity contribution in [2.45, 2.75) is 45.1 Å². The molecule has 0 radical (unpaired) electrons. The van der Waals surface area contributed by atoms with Crippen molar-refractivity contribution in [3.63, 3.8) is 0 Å². The molecule has 0 saturated heterocycles. The number of benzene rings is 1. The number of carbonyl (C=O) groups is 2. The van der Waals surface area contributed by atoms with Crippen LogP contribution >= 0.6 is 0 Å². The highest BCUT2D eigenvalue weighted by molar-refractivity contribution is 6.07. The van der Waals surface area contributed by atoms with Gasteiger partial charge >= 0.3 is 0 Å². The summed E-state index contributed by atoms with van der Waals surface area (Å²) in [5.41, 5.74) is 5.70. The number of rotatable bonds is 6. The molecule has 2 aliphatic carbocycles. The number of hydrogen-bond acceptors (Lipinski definition) is 4. The minimum Gasteiger partial charge on any atom is -0.356 e. The van der Waals surface area contributed by atoms with E-state index in [1.165, 1.54) is 0 Å². The number of H-pyrrole nitrogens is 1. The molecule has 6 heteroatoms. The van der Waals surface area contributed by atoms with Gasteiger partial charge in [0.25, 0.3) is 0 Å². The lowest BCUT2D eigenvalue weighted by Gasteiger charge is -2.28. The third kappa shape index (κ3) is 3.52. The van der Waals surface area contributed by atoms with Gasteiger partial charge in [0.15, 0.2) is 5.78 Å². The molecule has 2 aliphatic rings. The minimum absolute atomic E-state index is 0.0778. The Morgan fingerprint density at radius 3 is 2.58 bits per heavy atom. The Bertz CT molecular complexity index is 1160. The number of pyridine rings is 1. The van der Waals surface area contributed by atoms with Gasteiger partial charge in [-0.2, -0.15) is 0 Å². The second-order valence-corrected chi connectivity index (χ2v) is 9.43. The molecule has 158 valence electrons. The number of fused-ring (bicyclic) bond motifs is 1. The standard InChI is InChI=1S/C25H26N4O2/c1-24(2)13-18-21(19(31)14-24)23(28-17-6-4-3-5-7-17)22(29-18)16-8-11-26-20(12-16)25(9-10-25)27-15-30/h3-8,11-12,15,28-29H,9-10,13-14H2,1-2H3,(H,27,30). The number of nitrogens with zero attached hydrogens (tertiary/aromatic N) is 1. The average Bonchev–Trinajstić information content (AvgIpc) is 3.44. The van der Waals surface area contributed by atoms with Gasteiger partial charge in [0.05, 0.1) is 28.2 Å². The van der Waals surface area contributed by atoms with Crippen molar-refractivity contribution in [3.05, 3.63) is 65.6 Å². The van der Waals surface area contributed by atoms with E-state index in [0.29, 0.717) is 6.42 Å². The van der Waals surface area contributed by atoms with E-state index < -0.39 is 0 Å². The van der Waals surface area contributed by atoms with Crippen molar-refractivity contribution in [2.75, 3.05) is 5.32 Å². The van der Waals surface area contributed by atoms with Gasteiger partial charge in [-0.15, -0.1) is 0 Å². The van der Waals surface area contributed by atoms with Crippen molar-refractivity contribution in [3.8, 4) is 11.3 Å². The molecule has 1 amide bonds. The molecule has 5 rings (SSSR count). The van der Waals surface area contributed by atoms with Crippen molar-refractivity contribution >= 4 is 23.6 Å². The molecular weight excluding hydrogens is 388 g/mol. The normalized spacial score (nSPS) is 18.2. The molecule has 31 heavy (non-hydrogen) atoms. The molecule has 3 N–H and O–H groups in total. The van der Waals surface area contributed by atoms with Gasteiger partial charge in [-0.3, -0.25) is 14.6 Å². The van der Waals surface area contributed by atoms with E-state index in [-0.39, 0.29) is 16.7 Å². The third-order valence-electron chi connectivity index (χ3n) is 6.32. The Morgan fingerprint density at radius 1 is 1.10 bits per heavy atom. The van der Waals surface area contributed by atoms with Crippen LogP contribution in [0, 0.1) is 5.41 Å². The molecule has 2 heterocycles. The number of carbonyl (C=O) groups excluding carboxylic acids is 2. The number of aromatic nitrogens is 2. The fraction of sp³-hybridized carbons (Fsp3) is 0.320. The van der Waals surface area contributed by atoms with Crippen LogP contribution in [0.25, 0.3) is 11.3 Å². The van der Waals surface area contributed by atoms with Crippen molar-refractivity contribution in [1.29, 1.82) is 0 Å². The van der Waals surface area contributed by atoms with Crippen LogP contribution in [-0.2, 0) is 16.8 Å². The van der Waals surface area contributed by atoms with Gasteiger partial charge in [0.1, 0.15) is 0 Å². The Balaban J connectivity index is 1.64. The summed E-state index contributed by atoms with van der Waals surface area (Å²) in [6, 6.07) is 13.9. The first-order chi connectivity index (χ1) is 14.9. The van der Waals surface area contributed by atoms with E-state index >= 15 is 0 Å². The lowest BCUT2D eigenvalue weighted by molar-refractivity contribution is -0.110. The first kappa shape index (κ1) is 19.5. The maximum Gasteiger partial charge on any atom is 0.207 e. The summed E-state index contributed by atoms with van der Waals surface area (Å²) >= 11 is 0. The summed E-state index contributed by atoms with van der Waals surface area (Å²) in [6.45, 7) is 4.26. The van der Waals surface area contributed by atoms with Gasteiger partial charge in [0.2, 0.25) is 6.41 Å². The number of amides is 1. The molecule has 1 fully saturated rings. The Morgan fingerprint density at radius 2 is 1.87 bits per heavy atom. The van der Waals surface area contributed by atoms with Crippen LogP contribution < -0.4 is 10.6 Å². The van der Waals surface area contributed by atoms with Crippen LogP contribution in [0.2, 0.25) is 0 Å². The largest absolute Gasteiger partial charge is 0.356 e. The van der Waals surface area contributed by atoms with Crippen molar-refractivity contribution < 1.29 is 9.59 Å². The summed E-state index contributed by atoms with van der Waals surface area (Å²) in [5, 5.41) is 6.42. The topological polar surface area (TPSA) is 86.9 Å². The van der Waals surface area contributed by atoms with E-state index in [1.54, 1.807) is 6.20 Å². The van der Waals surface area contributed by atoms with Crippen LogP contribution in [0.5, 0.6) is 0 Å². The molecule has 0 spiro atoms. The van der Waals surface area contributed by atoms with E-state index in [9.17, 15) is 9.59 Å². The van der Waals surface area contributed by atoms with Crippen LogP contribution in [0.1, 0.15) is 54.9 Å². The zero-order valence-electron chi connectivity index (χ0n) is 17.8. The highest BCUT2D eigenvalue weighted by Gasteiger charge is 2.45. The zero-order valence-corrected chi connectivity index (χ0v) is 17.8. The Kier molecular flexibility index (Phi) is 4.46. The van der Waals surface area contributed by atoms with Crippen molar-refractivity contribution in [1.82, 2.24) is 15.3 Å². The summed E-state index contributed by atoms with van der Waals surface area (Å²) in [4.78, 5) is 32.3. The van der Waals surface area contributed by atoms with Crippen LogP contribution in [0.3, 0.4) is 0 Å². The predicted octanol–water partition coefficient (Wildman–Crippen LogP) is 4.71. The first-order valence-electron chi connectivity index (χ1n) is 10.7. The van der Waals surface area contributed by atoms with Gasteiger partial charge in [-0.05, 0) is 48.9 Å². The molecule has 1 aromatic carbocycles. The first-order valence-corrected chi connectivity index (χ1v) is 10.7. The quantitative estimate of drug-likeness (QED) is 0.510. The van der Waals surface area contributed by atoms with Gasteiger partial charge in [-0.25, -0.2) is 0 Å². The Labute approximate surface area is 181 Å². The fourth-order valence-electron chi connectivity index (χ4n) is 4.62. The molecule has 6 nitrogen and oxygen atoms in total. The van der Waals surface area contributed by atoms with E-state index in [0.717, 1.165) is 65.3 Å². The third-order valence-corrected chi connectivity index (χ3v) is 6.32. The maximum atomic E-state index is 13.2. The second kappa shape index (κ2) is 7.08. The summed E-state index contributed by atoms with van der Waals surface area (Å²) in [7, 11) is 0. The minimum atomic E-state index is -0.366. The van der Waals surface area contributed by atoms with E-state index in [2.05, 4.69) is 34.4 Å². The smallest absolute Gasteiger partial charge is 0.207 e. The SMILES string of the molecule is CC1(C)CC(=O)c2c([nH]c(-c3ccnc(C4(NC=O)CC4)c3)c2Nc2ccccc2)C1. The highest BCUT2D eigenvalue weighted by Crippen LogP contribution is 2.47. The lowest BCUT2D eigenvalue weighted by Crippen LogP contribution is -2.28. The number of hydrogen-bond donors (Lipinski definition) is 3.